The summed E-state index contributed by atoms with van der Waals surface area (Å²) < 4.78 is 5.25. The maximum Gasteiger partial charge on any atom is 0.407 e. The second kappa shape index (κ2) is 7.91. The number of amides is 1. The third-order valence-corrected chi connectivity index (χ3v) is 3.18. The van der Waals surface area contributed by atoms with Crippen LogP contribution in [0.25, 0.3) is 0 Å². The predicted octanol–water partition coefficient (Wildman–Crippen LogP) is 4.31. The molecule has 4 heteroatoms. The van der Waals surface area contributed by atoms with Crippen LogP contribution in [0.5, 0.6) is 0 Å². The van der Waals surface area contributed by atoms with Gasteiger partial charge in [0, 0.05) is 18.3 Å². The molecule has 0 saturated carbocycles. The van der Waals surface area contributed by atoms with Crippen LogP contribution in [0.1, 0.15) is 53.0 Å². The second-order valence-corrected chi connectivity index (χ2v) is 6.17. The minimum absolute atomic E-state index is 0.389. The van der Waals surface area contributed by atoms with E-state index in [1.165, 1.54) is 0 Å². The summed E-state index contributed by atoms with van der Waals surface area (Å²) in [5.74, 6) is 0. The van der Waals surface area contributed by atoms with Crippen LogP contribution in [-0.2, 0) is 11.3 Å². The van der Waals surface area contributed by atoms with Crippen molar-refractivity contribution in [2.24, 2.45) is 0 Å². The molecule has 0 atom stereocenters. The molecule has 0 saturated heterocycles. The number of benzene rings is 1. The van der Waals surface area contributed by atoms with E-state index in [2.05, 4.69) is 24.5 Å². The van der Waals surface area contributed by atoms with Gasteiger partial charge in [0.05, 0.1) is 0 Å². The Hall–Kier alpha value is -1.71. The first kappa shape index (κ1) is 17.3. The number of alkyl carbamates (subject to hydrolysis) is 1. The van der Waals surface area contributed by atoms with E-state index in [4.69, 9.17) is 4.74 Å². The van der Waals surface area contributed by atoms with Crippen LogP contribution in [-0.4, -0.2) is 17.7 Å². The first-order chi connectivity index (χ1) is 9.85. The number of hydrogen-bond acceptors (Lipinski definition) is 3. The quantitative estimate of drug-likeness (QED) is 0.821. The first-order valence-electron chi connectivity index (χ1n) is 7.67. The van der Waals surface area contributed by atoms with Gasteiger partial charge in [0.2, 0.25) is 0 Å². The first-order valence-corrected chi connectivity index (χ1v) is 7.67. The zero-order valence-electron chi connectivity index (χ0n) is 13.8. The Balaban J connectivity index is 2.65. The Morgan fingerprint density at radius 1 is 1.19 bits per heavy atom. The summed E-state index contributed by atoms with van der Waals surface area (Å²) in [4.78, 5) is 11.7. The molecule has 0 fully saturated rings. The lowest BCUT2D eigenvalue weighted by atomic mass is 10.1. The number of rotatable bonds is 6. The molecule has 0 heterocycles. The Morgan fingerprint density at radius 3 is 2.38 bits per heavy atom. The molecule has 0 bridgehead atoms. The van der Waals surface area contributed by atoms with Crippen LogP contribution in [0, 0.1) is 0 Å². The van der Waals surface area contributed by atoms with E-state index < -0.39 is 5.60 Å². The lowest BCUT2D eigenvalue weighted by Gasteiger charge is -2.21. The molecule has 4 nitrogen and oxygen atoms in total. The number of ether oxygens (including phenoxy) is 1. The van der Waals surface area contributed by atoms with Gasteiger partial charge in [-0.15, -0.1) is 0 Å². The topological polar surface area (TPSA) is 50.4 Å². The van der Waals surface area contributed by atoms with Crippen LogP contribution >= 0.6 is 0 Å². The molecule has 2 N–H and O–H groups in total. The minimum atomic E-state index is -0.475. The van der Waals surface area contributed by atoms with Gasteiger partial charge < -0.3 is 15.4 Å². The molecule has 0 radical (unpaired) electrons. The number of carbonyl (C=O) groups is 1. The summed E-state index contributed by atoms with van der Waals surface area (Å²) >= 11 is 0. The molecular weight excluding hydrogens is 264 g/mol. The van der Waals surface area contributed by atoms with Gasteiger partial charge in [-0.1, -0.05) is 32.0 Å². The molecule has 21 heavy (non-hydrogen) atoms. The van der Waals surface area contributed by atoms with Crippen LogP contribution in [0.15, 0.2) is 24.3 Å². The number of nitrogens with one attached hydrogen (secondary N) is 2. The van der Waals surface area contributed by atoms with Crippen molar-refractivity contribution in [3.63, 3.8) is 0 Å². The molecule has 0 aromatic heterocycles. The molecule has 0 unspecified atom stereocenters. The fourth-order valence-corrected chi connectivity index (χ4v) is 2.01. The van der Waals surface area contributed by atoms with E-state index in [1.807, 2.05) is 45.0 Å². The zero-order chi connectivity index (χ0) is 15.9. The lowest BCUT2D eigenvalue weighted by molar-refractivity contribution is 0.0523. The van der Waals surface area contributed by atoms with Crippen LogP contribution < -0.4 is 10.6 Å². The van der Waals surface area contributed by atoms with Crippen molar-refractivity contribution in [3.05, 3.63) is 29.8 Å². The molecular formula is C17H28N2O2. The van der Waals surface area contributed by atoms with Gasteiger partial charge in [0.15, 0.2) is 0 Å². The van der Waals surface area contributed by atoms with E-state index in [-0.39, 0.29) is 6.09 Å². The highest BCUT2D eigenvalue weighted by Crippen LogP contribution is 2.18. The summed E-state index contributed by atoms with van der Waals surface area (Å²) in [5, 5.41) is 6.33. The largest absolute Gasteiger partial charge is 0.444 e. The van der Waals surface area contributed by atoms with E-state index in [1.54, 1.807) is 0 Å². The van der Waals surface area contributed by atoms with Gasteiger partial charge in [0.1, 0.15) is 5.60 Å². The molecule has 0 aliphatic carbocycles. The van der Waals surface area contributed by atoms with Gasteiger partial charge in [-0.3, -0.25) is 0 Å². The van der Waals surface area contributed by atoms with Gasteiger partial charge >= 0.3 is 6.09 Å². The van der Waals surface area contributed by atoms with Crippen molar-refractivity contribution in [3.8, 4) is 0 Å². The maximum absolute atomic E-state index is 11.7. The monoisotopic (exact) mass is 292 g/mol. The summed E-state index contributed by atoms with van der Waals surface area (Å²) in [6, 6.07) is 8.49. The van der Waals surface area contributed by atoms with Gasteiger partial charge in [-0.2, -0.15) is 0 Å². The number of hydrogen-bond donors (Lipinski definition) is 2. The molecule has 0 aliphatic heterocycles. The average Bonchev–Trinajstić information content (AvgIpc) is 2.41. The second-order valence-electron chi connectivity index (χ2n) is 6.17. The summed E-state index contributed by atoms with van der Waals surface area (Å²) in [6.07, 6.45) is 1.76. The van der Waals surface area contributed by atoms with Gasteiger partial charge in [0.25, 0.3) is 0 Å². The zero-order valence-corrected chi connectivity index (χ0v) is 13.8. The van der Waals surface area contributed by atoms with Crippen molar-refractivity contribution < 1.29 is 9.53 Å². The Labute approximate surface area is 128 Å². The Bertz CT molecular complexity index is 448. The van der Waals surface area contributed by atoms with Gasteiger partial charge in [-0.05, 0) is 45.2 Å². The highest BCUT2D eigenvalue weighted by molar-refractivity contribution is 5.68. The smallest absolute Gasteiger partial charge is 0.407 e. The highest BCUT2D eigenvalue weighted by atomic mass is 16.6. The van der Waals surface area contributed by atoms with Crippen LogP contribution in [0.3, 0.4) is 0 Å². The Kier molecular flexibility index (Phi) is 6.53. The molecule has 1 amide bonds. The van der Waals surface area contributed by atoms with Crippen molar-refractivity contribution in [1.82, 2.24) is 5.32 Å². The fraction of sp³-hybridized carbons (Fsp3) is 0.588. The fourth-order valence-electron chi connectivity index (χ4n) is 2.01. The molecule has 1 aromatic carbocycles. The SMILES string of the molecule is CCC(CC)Nc1ccccc1CNC(=O)OC(C)(C)C. The van der Waals surface area contributed by atoms with Crippen molar-refractivity contribution in [2.75, 3.05) is 5.32 Å². The molecule has 118 valence electrons. The third kappa shape index (κ3) is 6.52. The van der Waals surface area contributed by atoms with Gasteiger partial charge in [-0.25, -0.2) is 4.79 Å². The minimum Gasteiger partial charge on any atom is -0.444 e. The standard InChI is InChI=1S/C17H28N2O2/c1-6-14(7-2)19-15-11-9-8-10-13(15)12-18-16(20)21-17(3,4)5/h8-11,14,19H,6-7,12H2,1-5H3,(H,18,20). The highest BCUT2D eigenvalue weighted by Gasteiger charge is 2.16. The number of carbonyl (C=O) groups excluding carboxylic acids is 1. The van der Waals surface area contributed by atoms with Crippen LogP contribution in [0.4, 0.5) is 10.5 Å². The van der Waals surface area contributed by atoms with E-state index in [0.717, 1.165) is 24.1 Å². The van der Waals surface area contributed by atoms with E-state index >= 15 is 0 Å². The summed E-state index contributed by atoms with van der Waals surface area (Å²) in [7, 11) is 0. The number of anilines is 1. The third-order valence-electron chi connectivity index (χ3n) is 3.18. The normalized spacial score (nSPS) is 11.3. The summed E-state index contributed by atoms with van der Waals surface area (Å²) in [6.45, 7) is 10.4. The molecule has 0 aliphatic rings. The van der Waals surface area contributed by atoms with Crippen molar-refractivity contribution in [2.45, 2.75) is 65.6 Å². The van der Waals surface area contributed by atoms with E-state index in [0.29, 0.717) is 12.6 Å². The molecule has 1 aromatic rings. The lowest BCUT2D eigenvalue weighted by Crippen LogP contribution is -2.32. The number of para-hydroxylation sites is 1. The maximum atomic E-state index is 11.7. The van der Waals surface area contributed by atoms with Crippen molar-refractivity contribution >= 4 is 11.8 Å². The average molecular weight is 292 g/mol. The van der Waals surface area contributed by atoms with Crippen molar-refractivity contribution in [1.29, 1.82) is 0 Å². The molecule has 1 rings (SSSR count). The Morgan fingerprint density at radius 2 is 1.81 bits per heavy atom. The predicted molar refractivity (Wildman–Crippen MR) is 87.5 cm³/mol. The van der Waals surface area contributed by atoms with Crippen LogP contribution in [0.2, 0.25) is 0 Å². The van der Waals surface area contributed by atoms with E-state index in [9.17, 15) is 4.79 Å². The summed E-state index contributed by atoms with van der Waals surface area (Å²) in [5.41, 5.74) is 1.66. The molecule has 0 spiro atoms.